The third-order valence-corrected chi connectivity index (χ3v) is 3.39. The van der Waals surface area contributed by atoms with Crippen LogP contribution in [0.4, 0.5) is 0 Å². The molecule has 2 heterocycles. The normalized spacial score (nSPS) is 12.4. The van der Waals surface area contributed by atoms with Gasteiger partial charge in [-0.2, -0.15) is 0 Å². The number of para-hydroxylation sites is 1. The lowest BCUT2D eigenvalue weighted by Gasteiger charge is -2.16. The van der Waals surface area contributed by atoms with Gasteiger partial charge < -0.3 is 10.1 Å². The zero-order valence-electron chi connectivity index (χ0n) is 12.1. The quantitative estimate of drug-likeness (QED) is 0.768. The van der Waals surface area contributed by atoms with Crippen molar-refractivity contribution in [1.82, 2.24) is 15.0 Å². The van der Waals surface area contributed by atoms with Crippen LogP contribution in [-0.2, 0) is 12.8 Å². The van der Waals surface area contributed by atoms with E-state index in [1.807, 2.05) is 18.2 Å². The fourth-order valence-corrected chi connectivity index (χ4v) is 2.51. The topological polar surface area (TPSA) is 61.8 Å². The maximum absolute atomic E-state index is 10.1. The highest BCUT2D eigenvalue weighted by Gasteiger charge is 2.19. The second-order valence-electron chi connectivity index (χ2n) is 5.83. The molecular weight excluding hydrogens is 250 g/mol. The number of rotatable bonds is 3. The van der Waals surface area contributed by atoms with Crippen LogP contribution in [0, 0.1) is 0 Å². The number of hydrogen-bond acceptors (Lipinski definition) is 3. The minimum atomic E-state index is -0.798. The van der Waals surface area contributed by atoms with Crippen molar-refractivity contribution in [2.75, 3.05) is 0 Å². The van der Waals surface area contributed by atoms with Crippen molar-refractivity contribution < 1.29 is 5.11 Å². The molecule has 0 atom stereocenters. The van der Waals surface area contributed by atoms with Crippen LogP contribution in [0.1, 0.15) is 32.3 Å². The number of H-pyrrole nitrogens is 1. The molecule has 0 saturated heterocycles. The number of aliphatic hydroxyl groups is 1. The fraction of sp³-hybridized carbons (Fsp3) is 0.375. The van der Waals surface area contributed by atoms with Gasteiger partial charge in [-0.05, 0) is 19.9 Å². The van der Waals surface area contributed by atoms with Crippen LogP contribution in [0.25, 0.3) is 21.9 Å². The van der Waals surface area contributed by atoms with Crippen LogP contribution in [0.3, 0.4) is 0 Å². The standard InChI is InChI=1S/C16H19N3O/c1-4-13-18-14-10-7-5-6-8-11(10)17-12(15(14)19-13)9-16(2,3)20/h5-8,20H,4,9H2,1-3H3,(H,18,19). The van der Waals surface area contributed by atoms with Gasteiger partial charge in [-0.25, -0.2) is 4.98 Å². The van der Waals surface area contributed by atoms with Crippen LogP contribution in [0.5, 0.6) is 0 Å². The number of hydrogen-bond donors (Lipinski definition) is 2. The Balaban J connectivity index is 2.33. The van der Waals surface area contributed by atoms with Crippen molar-refractivity contribution in [3.05, 3.63) is 35.8 Å². The second-order valence-corrected chi connectivity index (χ2v) is 5.83. The van der Waals surface area contributed by atoms with E-state index in [9.17, 15) is 5.11 Å². The second kappa shape index (κ2) is 4.56. The number of aryl methyl sites for hydroxylation is 1. The molecular formula is C16H19N3O. The summed E-state index contributed by atoms with van der Waals surface area (Å²) in [6.45, 7) is 5.66. The number of aromatic amines is 1. The first-order valence-corrected chi connectivity index (χ1v) is 6.96. The number of fused-ring (bicyclic) bond motifs is 3. The summed E-state index contributed by atoms with van der Waals surface area (Å²) in [6, 6.07) is 8.03. The van der Waals surface area contributed by atoms with Crippen molar-refractivity contribution in [3.8, 4) is 0 Å². The van der Waals surface area contributed by atoms with Crippen LogP contribution in [0.15, 0.2) is 24.3 Å². The molecule has 0 bridgehead atoms. The molecule has 4 nitrogen and oxygen atoms in total. The first kappa shape index (κ1) is 13.1. The van der Waals surface area contributed by atoms with Crippen LogP contribution in [0.2, 0.25) is 0 Å². The van der Waals surface area contributed by atoms with Crippen molar-refractivity contribution in [2.45, 2.75) is 39.2 Å². The third-order valence-electron chi connectivity index (χ3n) is 3.39. The summed E-state index contributed by atoms with van der Waals surface area (Å²) in [5.74, 6) is 0.954. The van der Waals surface area contributed by atoms with Crippen LogP contribution in [-0.4, -0.2) is 25.7 Å². The number of imidazole rings is 1. The van der Waals surface area contributed by atoms with Crippen LogP contribution >= 0.6 is 0 Å². The molecule has 0 saturated carbocycles. The average Bonchev–Trinajstić information content (AvgIpc) is 2.82. The molecule has 0 amide bonds. The van der Waals surface area contributed by atoms with Crippen LogP contribution < -0.4 is 0 Å². The van der Waals surface area contributed by atoms with Gasteiger partial charge in [0.15, 0.2) is 0 Å². The number of nitrogens with zero attached hydrogens (tertiary/aromatic N) is 2. The SMILES string of the molecule is CCc1nc2c(CC(C)(C)O)nc3ccccc3c2[nH]1. The molecule has 0 fully saturated rings. The molecule has 0 radical (unpaired) electrons. The highest BCUT2D eigenvalue weighted by Crippen LogP contribution is 2.26. The predicted molar refractivity (Wildman–Crippen MR) is 80.8 cm³/mol. The van der Waals surface area contributed by atoms with Gasteiger partial charge in [-0.15, -0.1) is 0 Å². The van der Waals surface area contributed by atoms with E-state index in [0.29, 0.717) is 6.42 Å². The summed E-state index contributed by atoms with van der Waals surface area (Å²) in [6.07, 6.45) is 1.34. The Morgan fingerprint density at radius 1 is 1.20 bits per heavy atom. The Hall–Kier alpha value is -1.94. The fourth-order valence-electron chi connectivity index (χ4n) is 2.51. The van der Waals surface area contributed by atoms with E-state index in [4.69, 9.17) is 4.98 Å². The molecule has 20 heavy (non-hydrogen) atoms. The summed E-state index contributed by atoms with van der Waals surface area (Å²) in [5, 5.41) is 11.2. The molecule has 4 heteroatoms. The van der Waals surface area contributed by atoms with Gasteiger partial charge in [0.1, 0.15) is 11.3 Å². The Bertz CT molecular complexity index is 768. The van der Waals surface area contributed by atoms with Gasteiger partial charge in [0, 0.05) is 18.2 Å². The van der Waals surface area contributed by atoms with Crippen molar-refractivity contribution in [1.29, 1.82) is 0 Å². The number of benzene rings is 1. The van der Waals surface area contributed by atoms with Gasteiger partial charge in [0.05, 0.1) is 22.3 Å². The maximum atomic E-state index is 10.1. The summed E-state index contributed by atoms with van der Waals surface area (Å²) in [7, 11) is 0. The maximum Gasteiger partial charge on any atom is 0.111 e. The first-order valence-electron chi connectivity index (χ1n) is 6.96. The summed E-state index contributed by atoms with van der Waals surface area (Å²) >= 11 is 0. The number of aromatic nitrogens is 3. The molecule has 0 spiro atoms. The molecule has 3 rings (SSSR count). The Morgan fingerprint density at radius 2 is 1.95 bits per heavy atom. The summed E-state index contributed by atoms with van der Waals surface area (Å²) in [4.78, 5) is 12.7. The van der Waals surface area contributed by atoms with Gasteiger partial charge in [-0.3, -0.25) is 4.98 Å². The number of nitrogens with one attached hydrogen (secondary N) is 1. The highest BCUT2D eigenvalue weighted by molar-refractivity contribution is 6.03. The van der Waals surface area contributed by atoms with Gasteiger partial charge in [-0.1, -0.05) is 25.1 Å². The van der Waals surface area contributed by atoms with Crippen molar-refractivity contribution in [2.24, 2.45) is 0 Å². The monoisotopic (exact) mass is 269 g/mol. The van der Waals surface area contributed by atoms with Gasteiger partial charge >= 0.3 is 0 Å². The third kappa shape index (κ3) is 2.27. The zero-order chi connectivity index (χ0) is 14.3. The van der Waals surface area contributed by atoms with Gasteiger partial charge in [0.2, 0.25) is 0 Å². The summed E-state index contributed by atoms with van der Waals surface area (Å²) in [5.41, 5.74) is 2.88. The van der Waals surface area contributed by atoms with E-state index < -0.39 is 5.60 Å². The molecule has 2 aromatic heterocycles. The summed E-state index contributed by atoms with van der Waals surface area (Å²) < 4.78 is 0. The van der Waals surface area contributed by atoms with E-state index in [-0.39, 0.29) is 0 Å². The average molecular weight is 269 g/mol. The number of pyridine rings is 1. The highest BCUT2D eigenvalue weighted by atomic mass is 16.3. The molecule has 0 unspecified atom stereocenters. The zero-order valence-corrected chi connectivity index (χ0v) is 12.1. The van der Waals surface area contributed by atoms with E-state index in [0.717, 1.165) is 39.9 Å². The molecule has 1 aromatic carbocycles. The smallest absolute Gasteiger partial charge is 0.111 e. The lowest BCUT2D eigenvalue weighted by atomic mass is 10.0. The Kier molecular flexibility index (Phi) is 2.98. The minimum absolute atomic E-state index is 0.488. The predicted octanol–water partition coefficient (Wildman–Crippen LogP) is 2.99. The van der Waals surface area contributed by atoms with E-state index >= 15 is 0 Å². The van der Waals surface area contributed by atoms with Gasteiger partial charge in [0.25, 0.3) is 0 Å². The lowest BCUT2D eigenvalue weighted by Crippen LogP contribution is -2.22. The lowest BCUT2D eigenvalue weighted by molar-refractivity contribution is 0.0803. The van der Waals surface area contributed by atoms with E-state index in [1.165, 1.54) is 0 Å². The molecule has 0 aliphatic carbocycles. The molecule has 0 aliphatic rings. The van der Waals surface area contributed by atoms with E-state index in [2.05, 4.69) is 23.0 Å². The minimum Gasteiger partial charge on any atom is -0.390 e. The molecule has 2 N–H and O–H groups in total. The van der Waals surface area contributed by atoms with E-state index in [1.54, 1.807) is 13.8 Å². The van der Waals surface area contributed by atoms with Crippen molar-refractivity contribution in [3.63, 3.8) is 0 Å². The molecule has 0 aliphatic heterocycles. The molecule has 104 valence electrons. The Labute approximate surface area is 117 Å². The molecule has 3 aromatic rings. The largest absolute Gasteiger partial charge is 0.390 e. The van der Waals surface area contributed by atoms with Crippen molar-refractivity contribution >= 4 is 21.9 Å². The Morgan fingerprint density at radius 3 is 2.65 bits per heavy atom. The first-order chi connectivity index (χ1) is 9.48.